The van der Waals surface area contributed by atoms with Crippen LogP contribution in [0.15, 0.2) is 66.7 Å². The van der Waals surface area contributed by atoms with Crippen LogP contribution in [-0.4, -0.2) is 46.3 Å². The van der Waals surface area contributed by atoms with Gasteiger partial charge in [0, 0.05) is 35.9 Å². The van der Waals surface area contributed by atoms with Crippen LogP contribution in [0, 0.1) is 0 Å². The van der Waals surface area contributed by atoms with Gasteiger partial charge in [-0.2, -0.15) is 9.97 Å². The number of nitrogens with two attached hydrogens (primary N) is 1. The van der Waals surface area contributed by atoms with E-state index in [1.807, 2.05) is 36.4 Å². The first-order valence-electron chi connectivity index (χ1n) is 13.0. The van der Waals surface area contributed by atoms with Crippen LogP contribution in [-0.2, 0) is 23.2 Å². The van der Waals surface area contributed by atoms with Crippen molar-refractivity contribution < 1.29 is 19.4 Å². The van der Waals surface area contributed by atoms with Crippen LogP contribution in [0.2, 0.25) is 0 Å². The Labute approximate surface area is 234 Å². The Hall–Kier alpha value is -4.34. The summed E-state index contributed by atoms with van der Waals surface area (Å²) in [6, 6.07) is 20.4. The molecule has 4 aromatic rings. The average molecular weight is 542 g/mol. The van der Waals surface area contributed by atoms with Crippen molar-refractivity contribution in [3.05, 3.63) is 94.8 Å². The van der Waals surface area contributed by atoms with E-state index in [4.69, 9.17) is 15.2 Å². The number of hydrogen-bond donors (Lipinski definition) is 3. The minimum absolute atomic E-state index is 0.0133. The molecule has 40 heavy (non-hydrogen) atoms. The number of aliphatic hydroxyl groups is 1. The van der Waals surface area contributed by atoms with Crippen molar-refractivity contribution >= 4 is 17.5 Å². The number of hydrogen-bond acceptors (Lipinski definition) is 8. The van der Waals surface area contributed by atoms with E-state index in [0.717, 1.165) is 16.9 Å². The lowest BCUT2D eigenvalue weighted by atomic mass is 9.86. The Balaban J connectivity index is 1.55. The van der Waals surface area contributed by atoms with Gasteiger partial charge in [0.25, 0.3) is 5.91 Å². The highest BCUT2D eigenvalue weighted by molar-refractivity contribution is 6.05. The van der Waals surface area contributed by atoms with Gasteiger partial charge >= 0.3 is 0 Å². The van der Waals surface area contributed by atoms with E-state index < -0.39 is 0 Å². The van der Waals surface area contributed by atoms with Crippen LogP contribution < -0.4 is 15.8 Å². The summed E-state index contributed by atoms with van der Waals surface area (Å²) in [6.07, 6.45) is 0.424. The van der Waals surface area contributed by atoms with Gasteiger partial charge < -0.3 is 25.6 Å². The van der Waals surface area contributed by atoms with E-state index in [1.165, 1.54) is 0 Å². The number of carbonyl (C=O) groups excluding carboxylic acids is 1. The fraction of sp³-hybridized carbons (Fsp3) is 0.290. The topological polar surface area (TPSA) is 132 Å². The van der Waals surface area contributed by atoms with E-state index in [-0.39, 0.29) is 23.9 Å². The summed E-state index contributed by atoms with van der Waals surface area (Å²) in [6.45, 7) is 7.02. The molecule has 0 fully saturated rings. The van der Waals surface area contributed by atoms with Gasteiger partial charge in [-0.05, 0) is 46.9 Å². The molecule has 0 aliphatic rings. The highest BCUT2D eigenvalue weighted by Crippen LogP contribution is 2.29. The minimum atomic E-state index is -0.333. The number of benzene rings is 3. The highest BCUT2D eigenvalue weighted by atomic mass is 16.5. The number of rotatable bonds is 10. The molecule has 1 amide bonds. The van der Waals surface area contributed by atoms with Gasteiger partial charge in [-0.25, -0.2) is 4.98 Å². The van der Waals surface area contributed by atoms with Gasteiger partial charge in [-0.1, -0.05) is 57.2 Å². The largest absolute Gasteiger partial charge is 0.491 e. The smallest absolute Gasteiger partial charge is 0.255 e. The number of amides is 1. The first kappa shape index (κ1) is 28.7. The number of aliphatic hydroxyl groups excluding tert-OH is 1. The summed E-state index contributed by atoms with van der Waals surface area (Å²) in [5.74, 6) is 1.33. The Morgan fingerprint density at radius 2 is 1.68 bits per heavy atom. The van der Waals surface area contributed by atoms with E-state index in [2.05, 4.69) is 41.0 Å². The van der Waals surface area contributed by atoms with Crippen LogP contribution in [0.5, 0.6) is 5.75 Å². The molecule has 0 saturated carbocycles. The SMILES string of the molecule is COCCOc1ccc(Cc2nc(N)nc(-c3cccc(NC(=O)c4ccc(C(C)(C)C)cc4)c3CO)n2)cc1. The number of nitrogens with zero attached hydrogens (tertiary/aromatic N) is 3. The molecule has 0 saturated heterocycles. The molecule has 9 nitrogen and oxygen atoms in total. The maximum Gasteiger partial charge on any atom is 0.255 e. The van der Waals surface area contributed by atoms with Crippen LogP contribution in [0.25, 0.3) is 11.4 Å². The number of methoxy groups -OCH3 is 1. The number of ether oxygens (including phenoxy) is 2. The lowest BCUT2D eigenvalue weighted by Gasteiger charge is -2.19. The molecule has 0 aliphatic carbocycles. The second-order valence-corrected chi connectivity index (χ2v) is 10.4. The molecule has 0 unspecified atom stereocenters. The third-order valence-corrected chi connectivity index (χ3v) is 6.38. The molecule has 1 heterocycles. The molecule has 0 atom stereocenters. The summed E-state index contributed by atoms with van der Waals surface area (Å²) in [5, 5.41) is 13.2. The molecule has 1 aromatic heterocycles. The maximum absolute atomic E-state index is 13.0. The fourth-order valence-corrected chi connectivity index (χ4v) is 4.17. The van der Waals surface area contributed by atoms with Crippen LogP contribution in [0.3, 0.4) is 0 Å². The third-order valence-electron chi connectivity index (χ3n) is 6.38. The lowest BCUT2D eigenvalue weighted by molar-refractivity contribution is 0.102. The molecule has 0 spiro atoms. The molecule has 0 bridgehead atoms. The Bertz CT molecular complexity index is 1450. The summed E-state index contributed by atoms with van der Waals surface area (Å²) >= 11 is 0. The monoisotopic (exact) mass is 541 g/mol. The molecular formula is C31H35N5O4. The predicted molar refractivity (Wildman–Crippen MR) is 155 cm³/mol. The maximum atomic E-state index is 13.0. The lowest BCUT2D eigenvalue weighted by Crippen LogP contribution is -2.15. The molecular weight excluding hydrogens is 506 g/mol. The van der Waals surface area contributed by atoms with E-state index in [1.54, 1.807) is 37.4 Å². The Morgan fingerprint density at radius 3 is 2.33 bits per heavy atom. The van der Waals surface area contributed by atoms with Crippen LogP contribution >= 0.6 is 0 Å². The Kier molecular flexibility index (Phi) is 9.08. The number of anilines is 2. The van der Waals surface area contributed by atoms with Gasteiger partial charge in [0.15, 0.2) is 5.82 Å². The van der Waals surface area contributed by atoms with Gasteiger partial charge in [0.2, 0.25) is 5.95 Å². The summed E-state index contributed by atoms with van der Waals surface area (Å²) < 4.78 is 10.6. The van der Waals surface area contributed by atoms with Gasteiger partial charge in [0.05, 0.1) is 13.2 Å². The molecule has 3 aromatic carbocycles. The quantitative estimate of drug-likeness (QED) is 0.244. The van der Waals surface area contributed by atoms with E-state index in [0.29, 0.717) is 53.7 Å². The number of carbonyl (C=O) groups is 1. The predicted octanol–water partition coefficient (Wildman–Crippen LogP) is 4.78. The van der Waals surface area contributed by atoms with E-state index >= 15 is 0 Å². The van der Waals surface area contributed by atoms with E-state index in [9.17, 15) is 9.90 Å². The molecule has 4 N–H and O–H groups in total. The molecule has 4 rings (SSSR count). The number of nitrogen functional groups attached to an aromatic ring is 1. The highest BCUT2D eigenvalue weighted by Gasteiger charge is 2.18. The van der Waals surface area contributed by atoms with Gasteiger partial charge in [0.1, 0.15) is 18.2 Å². The molecule has 208 valence electrons. The van der Waals surface area contributed by atoms with Gasteiger partial charge in [-0.3, -0.25) is 4.79 Å². The summed E-state index contributed by atoms with van der Waals surface area (Å²) in [7, 11) is 1.63. The van der Waals surface area contributed by atoms with Crippen molar-refractivity contribution in [3.8, 4) is 17.1 Å². The minimum Gasteiger partial charge on any atom is -0.491 e. The molecule has 9 heteroatoms. The fourth-order valence-electron chi connectivity index (χ4n) is 4.17. The first-order chi connectivity index (χ1) is 19.2. The standard InChI is InChI=1S/C31H35N5O4/c1-31(2,3)22-12-10-21(11-13-22)29(38)33-26-7-5-6-24(25(26)19-37)28-34-27(35-30(32)36-28)18-20-8-14-23(15-9-20)40-17-16-39-4/h5-15,37H,16-19H2,1-4H3,(H,33,38)(H2,32,34,35,36). The third kappa shape index (κ3) is 7.19. The average Bonchev–Trinajstić information content (AvgIpc) is 2.93. The number of aromatic nitrogens is 3. The van der Waals surface area contributed by atoms with Crippen molar-refractivity contribution in [2.75, 3.05) is 31.4 Å². The first-order valence-corrected chi connectivity index (χ1v) is 13.0. The normalized spacial score (nSPS) is 11.3. The summed E-state index contributed by atoms with van der Waals surface area (Å²) in [5.41, 5.74) is 10.2. The summed E-state index contributed by atoms with van der Waals surface area (Å²) in [4.78, 5) is 26.3. The van der Waals surface area contributed by atoms with Crippen molar-refractivity contribution in [3.63, 3.8) is 0 Å². The van der Waals surface area contributed by atoms with Crippen molar-refractivity contribution in [1.82, 2.24) is 15.0 Å². The van der Waals surface area contributed by atoms with Crippen molar-refractivity contribution in [2.24, 2.45) is 0 Å². The van der Waals surface area contributed by atoms with Crippen molar-refractivity contribution in [2.45, 2.75) is 39.2 Å². The second-order valence-electron chi connectivity index (χ2n) is 10.4. The molecule has 0 radical (unpaired) electrons. The van der Waals surface area contributed by atoms with Crippen molar-refractivity contribution in [1.29, 1.82) is 0 Å². The number of nitrogens with one attached hydrogen (secondary N) is 1. The zero-order chi connectivity index (χ0) is 28.7. The molecule has 0 aliphatic heterocycles. The second kappa shape index (κ2) is 12.7. The zero-order valence-corrected chi connectivity index (χ0v) is 23.3. The zero-order valence-electron chi connectivity index (χ0n) is 23.3. The van der Waals surface area contributed by atoms with Crippen LogP contribution in [0.1, 0.15) is 53.6 Å². The Morgan fingerprint density at radius 1 is 0.950 bits per heavy atom. The van der Waals surface area contributed by atoms with Gasteiger partial charge in [-0.15, -0.1) is 0 Å². The van der Waals surface area contributed by atoms with Crippen LogP contribution in [0.4, 0.5) is 11.6 Å².